The standard InChI is InChI=1S/C17H14S/c18-17(16-12-5-2-6-13-16)14-8-7-11-15-9-3-1-4-10-15/h1-14H. The third kappa shape index (κ3) is 3.79. The minimum absolute atomic E-state index is 0.855. The van der Waals surface area contributed by atoms with Gasteiger partial charge in [0.1, 0.15) is 0 Å². The minimum Gasteiger partial charge on any atom is -0.0795 e. The molecule has 0 aliphatic heterocycles. The minimum atomic E-state index is 0.855. The molecule has 0 aliphatic rings. The summed E-state index contributed by atoms with van der Waals surface area (Å²) in [5.41, 5.74) is 2.27. The van der Waals surface area contributed by atoms with Crippen molar-refractivity contribution in [3.8, 4) is 0 Å². The van der Waals surface area contributed by atoms with Crippen molar-refractivity contribution in [1.29, 1.82) is 0 Å². The van der Waals surface area contributed by atoms with Crippen LogP contribution in [0.1, 0.15) is 11.1 Å². The zero-order chi connectivity index (χ0) is 12.6. The van der Waals surface area contributed by atoms with Gasteiger partial charge in [0.05, 0.1) is 0 Å². The molecule has 2 aromatic rings. The van der Waals surface area contributed by atoms with Crippen molar-refractivity contribution >= 4 is 23.2 Å². The van der Waals surface area contributed by atoms with Crippen LogP contribution in [0.15, 0.2) is 78.9 Å². The van der Waals surface area contributed by atoms with E-state index >= 15 is 0 Å². The van der Waals surface area contributed by atoms with Crippen molar-refractivity contribution in [2.24, 2.45) is 0 Å². The summed E-state index contributed by atoms with van der Waals surface area (Å²) >= 11 is 5.33. The van der Waals surface area contributed by atoms with Crippen LogP contribution >= 0.6 is 12.2 Å². The lowest BCUT2D eigenvalue weighted by Crippen LogP contribution is -1.90. The number of rotatable bonds is 4. The van der Waals surface area contributed by atoms with E-state index in [9.17, 15) is 0 Å². The molecule has 0 aromatic heterocycles. The average molecular weight is 250 g/mol. The molecule has 0 unspecified atom stereocenters. The third-order valence-electron chi connectivity index (χ3n) is 2.51. The number of benzene rings is 2. The molecule has 0 aliphatic carbocycles. The fourth-order valence-electron chi connectivity index (χ4n) is 1.57. The van der Waals surface area contributed by atoms with Crippen LogP contribution in [0.4, 0.5) is 0 Å². The molecule has 0 spiro atoms. The Bertz CT molecular complexity index is 551. The van der Waals surface area contributed by atoms with Crippen molar-refractivity contribution in [3.63, 3.8) is 0 Å². The number of thiocarbonyl (C=S) groups is 1. The molecular weight excluding hydrogens is 236 g/mol. The van der Waals surface area contributed by atoms with Gasteiger partial charge < -0.3 is 0 Å². The van der Waals surface area contributed by atoms with Crippen LogP contribution in [0, 0.1) is 0 Å². The van der Waals surface area contributed by atoms with Crippen molar-refractivity contribution in [2.45, 2.75) is 0 Å². The first-order chi connectivity index (χ1) is 8.86. The normalized spacial score (nSPS) is 11.1. The summed E-state index contributed by atoms with van der Waals surface area (Å²) in [6, 6.07) is 20.2. The van der Waals surface area contributed by atoms with E-state index in [0.717, 1.165) is 10.4 Å². The van der Waals surface area contributed by atoms with E-state index in [2.05, 4.69) is 18.2 Å². The Morgan fingerprint density at radius 3 is 2.06 bits per heavy atom. The second kappa shape index (κ2) is 6.67. The van der Waals surface area contributed by atoms with Gasteiger partial charge in [-0.05, 0) is 17.2 Å². The van der Waals surface area contributed by atoms with Gasteiger partial charge in [-0.15, -0.1) is 0 Å². The Balaban J connectivity index is 1.96. The van der Waals surface area contributed by atoms with E-state index < -0.39 is 0 Å². The summed E-state index contributed by atoms with van der Waals surface area (Å²) in [5.74, 6) is 0. The van der Waals surface area contributed by atoms with Crippen LogP contribution in [-0.2, 0) is 0 Å². The second-order valence-corrected chi connectivity index (χ2v) is 4.30. The second-order valence-electron chi connectivity index (χ2n) is 3.86. The van der Waals surface area contributed by atoms with Gasteiger partial charge in [-0.2, -0.15) is 0 Å². The molecule has 0 bridgehead atoms. The van der Waals surface area contributed by atoms with Gasteiger partial charge in [0.2, 0.25) is 0 Å². The van der Waals surface area contributed by atoms with Crippen molar-refractivity contribution in [1.82, 2.24) is 0 Å². The summed E-state index contributed by atoms with van der Waals surface area (Å²) in [6.45, 7) is 0. The molecule has 2 rings (SSSR count). The average Bonchev–Trinajstić information content (AvgIpc) is 2.45. The fraction of sp³-hybridized carbons (Fsp3) is 0. The van der Waals surface area contributed by atoms with Gasteiger partial charge in [0, 0.05) is 4.86 Å². The smallest absolute Gasteiger partial charge is 0.0449 e. The molecule has 1 heteroatoms. The quantitative estimate of drug-likeness (QED) is 0.329. The Morgan fingerprint density at radius 1 is 0.778 bits per heavy atom. The van der Waals surface area contributed by atoms with Gasteiger partial charge in [0.15, 0.2) is 0 Å². The lowest BCUT2D eigenvalue weighted by molar-refractivity contribution is 1.66. The summed E-state index contributed by atoms with van der Waals surface area (Å²) < 4.78 is 0. The molecule has 88 valence electrons. The van der Waals surface area contributed by atoms with Gasteiger partial charge >= 0.3 is 0 Å². The predicted molar refractivity (Wildman–Crippen MR) is 82.8 cm³/mol. The van der Waals surface area contributed by atoms with E-state index in [1.165, 1.54) is 5.56 Å². The van der Waals surface area contributed by atoms with E-state index in [0.29, 0.717) is 0 Å². The van der Waals surface area contributed by atoms with Crippen molar-refractivity contribution in [3.05, 3.63) is 90.0 Å². The molecule has 0 heterocycles. The summed E-state index contributed by atoms with van der Waals surface area (Å²) in [6.07, 6.45) is 7.99. The highest BCUT2D eigenvalue weighted by Crippen LogP contribution is 2.04. The highest BCUT2D eigenvalue weighted by molar-refractivity contribution is 7.81. The largest absolute Gasteiger partial charge is 0.0795 e. The van der Waals surface area contributed by atoms with E-state index in [1.807, 2.05) is 66.8 Å². The van der Waals surface area contributed by atoms with Crippen LogP contribution in [0.5, 0.6) is 0 Å². The monoisotopic (exact) mass is 250 g/mol. The maximum absolute atomic E-state index is 5.33. The first-order valence-corrected chi connectivity index (χ1v) is 6.26. The molecule has 2 aromatic carbocycles. The summed E-state index contributed by atoms with van der Waals surface area (Å²) in [7, 11) is 0. The maximum atomic E-state index is 5.33. The van der Waals surface area contributed by atoms with Gasteiger partial charge in [-0.1, -0.05) is 91.1 Å². The van der Waals surface area contributed by atoms with Crippen LogP contribution < -0.4 is 0 Å². The van der Waals surface area contributed by atoms with Gasteiger partial charge in [0.25, 0.3) is 0 Å². The number of hydrogen-bond donors (Lipinski definition) is 0. The van der Waals surface area contributed by atoms with E-state index in [-0.39, 0.29) is 0 Å². The number of allylic oxidation sites excluding steroid dienone is 3. The zero-order valence-electron chi connectivity index (χ0n) is 9.99. The molecule has 0 nitrogen and oxygen atoms in total. The molecular formula is C17H14S. The highest BCUT2D eigenvalue weighted by Gasteiger charge is 1.93. The molecule has 0 saturated carbocycles. The summed E-state index contributed by atoms with van der Waals surface area (Å²) in [4.78, 5) is 0.855. The summed E-state index contributed by atoms with van der Waals surface area (Å²) in [5, 5.41) is 0. The molecule has 0 fully saturated rings. The van der Waals surface area contributed by atoms with Gasteiger partial charge in [-0.25, -0.2) is 0 Å². The lowest BCUT2D eigenvalue weighted by Gasteiger charge is -1.95. The lowest BCUT2D eigenvalue weighted by atomic mass is 10.1. The third-order valence-corrected chi connectivity index (χ3v) is 2.88. The van der Waals surface area contributed by atoms with Crippen molar-refractivity contribution in [2.75, 3.05) is 0 Å². The van der Waals surface area contributed by atoms with Crippen LogP contribution in [0.3, 0.4) is 0 Å². The fourth-order valence-corrected chi connectivity index (χ4v) is 1.79. The van der Waals surface area contributed by atoms with Crippen LogP contribution in [-0.4, -0.2) is 4.86 Å². The Labute approximate surface area is 113 Å². The highest BCUT2D eigenvalue weighted by atomic mass is 32.1. The Kier molecular flexibility index (Phi) is 4.62. The molecule has 0 atom stereocenters. The molecule has 18 heavy (non-hydrogen) atoms. The number of hydrogen-bond acceptors (Lipinski definition) is 1. The zero-order valence-corrected chi connectivity index (χ0v) is 10.8. The van der Waals surface area contributed by atoms with E-state index in [4.69, 9.17) is 12.2 Å². The predicted octanol–water partition coefficient (Wildman–Crippen LogP) is 4.67. The molecule has 0 N–H and O–H groups in total. The first-order valence-electron chi connectivity index (χ1n) is 5.85. The van der Waals surface area contributed by atoms with Crippen molar-refractivity contribution < 1.29 is 0 Å². The topological polar surface area (TPSA) is 0 Å². The Morgan fingerprint density at radius 2 is 1.39 bits per heavy atom. The van der Waals surface area contributed by atoms with Crippen LogP contribution in [0.25, 0.3) is 6.08 Å². The van der Waals surface area contributed by atoms with Gasteiger partial charge in [-0.3, -0.25) is 0 Å². The molecule has 0 amide bonds. The Hall–Kier alpha value is -1.99. The first kappa shape index (κ1) is 12.5. The van der Waals surface area contributed by atoms with E-state index in [1.54, 1.807) is 0 Å². The maximum Gasteiger partial charge on any atom is 0.0449 e. The SMILES string of the molecule is S=C(C=CC=Cc1ccccc1)c1ccccc1. The van der Waals surface area contributed by atoms with Crippen LogP contribution in [0.2, 0.25) is 0 Å². The molecule has 0 radical (unpaired) electrons. The molecule has 0 saturated heterocycles.